The number of anilines is 1. The fourth-order valence-corrected chi connectivity index (χ4v) is 2.96. The molecule has 0 aliphatic heterocycles. The topological polar surface area (TPSA) is 110 Å². The number of fused-ring (bicyclic) bond motifs is 1. The number of benzene rings is 1. The van der Waals surface area contributed by atoms with Gasteiger partial charge in [-0.1, -0.05) is 29.8 Å². The molecule has 0 aliphatic carbocycles. The number of rotatable bonds is 5. The van der Waals surface area contributed by atoms with E-state index in [-0.39, 0.29) is 5.65 Å². The smallest absolute Gasteiger partial charge is 0.298 e. The molecule has 2 N–H and O–H groups in total. The lowest BCUT2D eigenvalue weighted by molar-refractivity contribution is 0.808. The highest BCUT2D eigenvalue weighted by molar-refractivity contribution is 5.80. The van der Waals surface area contributed by atoms with E-state index in [0.29, 0.717) is 18.0 Å². The van der Waals surface area contributed by atoms with Crippen molar-refractivity contribution in [3.8, 4) is 0 Å². The summed E-state index contributed by atoms with van der Waals surface area (Å²) >= 11 is 0. The molecule has 4 rings (SSSR count). The van der Waals surface area contributed by atoms with E-state index in [4.69, 9.17) is 0 Å². The molecule has 0 saturated carbocycles. The van der Waals surface area contributed by atoms with Crippen molar-refractivity contribution in [2.75, 3.05) is 5.43 Å². The number of pyridine rings is 1. The van der Waals surface area contributed by atoms with Gasteiger partial charge in [-0.05, 0) is 30.2 Å². The molecule has 0 radical (unpaired) electrons. The second-order valence-electron chi connectivity index (χ2n) is 6.65. The van der Waals surface area contributed by atoms with Gasteiger partial charge in [-0.25, -0.2) is 10.2 Å². The fourth-order valence-electron chi connectivity index (χ4n) is 2.96. The molecule has 0 aliphatic rings. The number of nitrogens with zero attached hydrogens (tertiary/aromatic N) is 5. The lowest BCUT2D eigenvalue weighted by atomic mass is 10.1. The minimum atomic E-state index is -0.519. The van der Waals surface area contributed by atoms with Crippen LogP contribution in [0.5, 0.6) is 0 Å². The number of imidazole rings is 1. The van der Waals surface area contributed by atoms with Gasteiger partial charge in [-0.15, -0.1) is 0 Å². The van der Waals surface area contributed by atoms with E-state index < -0.39 is 11.2 Å². The van der Waals surface area contributed by atoms with Crippen molar-refractivity contribution < 1.29 is 0 Å². The Balaban J connectivity index is 1.79. The van der Waals surface area contributed by atoms with E-state index in [2.05, 4.69) is 25.5 Å². The van der Waals surface area contributed by atoms with Crippen LogP contribution in [0.25, 0.3) is 11.2 Å². The monoisotopic (exact) mass is 389 g/mol. The Labute approximate surface area is 165 Å². The van der Waals surface area contributed by atoms with Gasteiger partial charge in [0.2, 0.25) is 5.95 Å². The zero-order valence-electron chi connectivity index (χ0n) is 16.0. The third-order valence-electron chi connectivity index (χ3n) is 4.55. The first-order chi connectivity index (χ1) is 14.0. The van der Waals surface area contributed by atoms with E-state index in [1.807, 2.05) is 43.3 Å². The van der Waals surface area contributed by atoms with Gasteiger partial charge in [-0.3, -0.25) is 23.9 Å². The summed E-state index contributed by atoms with van der Waals surface area (Å²) in [5.41, 5.74) is 5.46. The maximum Gasteiger partial charge on any atom is 0.329 e. The number of H-pyrrole nitrogens is 1. The Bertz CT molecular complexity index is 1300. The van der Waals surface area contributed by atoms with Crippen molar-refractivity contribution in [2.45, 2.75) is 13.5 Å². The quantitative estimate of drug-likeness (QED) is 0.398. The molecule has 146 valence electrons. The normalized spacial score (nSPS) is 11.4. The molecule has 0 bridgehead atoms. The Morgan fingerprint density at radius 2 is 1.86 bits per heavy atom. The van der Waals surface area contributed by atoms with Gasteiger partial charge in [-0.2, -0.15) is 10.1 Å². The minimum absolute atomic E-state index is 0.285. The van der Waals surface area contributed by atoms with Gasteiger partial charge in [0, 0.05) is 19.4 Å². The first kappa shape index (κ1) is 18.4. The summed E-state index contributed by atoms with van der Waals surface area (Å²) in [6, 6.07) is 11.6. The van der Waals surface area contributed by atoms with Crippen molar-refractivity contribution in [1.29, 1.82) is 0 Å². The molecule has 0 fully saturated rings. The van der Waals surface area contributed by atoms with Crippen LogP contribution in [-0.2, 0) is 13.6 Å². The molecule has 0 saturated heterocycles. The SMILES string of the molecule is Cc1ccc(Cn2c(NN=Cc3ccncc3)nc3c2c(=O)[nH]c(=O)n3C)cc1. The molecule has 4 aromatic rings. The number of hydrogen-bond acceptors (Lipinski definition) is 6. The van der Waals surface area contributed by atoms with Crippen LogP contribution in [0.3, 0.4) is 0 Å². The summed E-state index contributed by atoms with van der Waals surface area (Å²) in [7, 11) is 1.56. The summed E-state index contributed by atoms with van der Waals surface area (Å²) in [5, 5.41) is 4.22. The third-order valence-corrected chi connectivity index (χ3v) is 4.55. The van der Waals surface area contributed by atoms with Crippen LogP contribution in [0, 0.1) is 6.92 Å². The van der Waals surface area contributed by atoms with Crippen LogP contribution in [0.4, 0.5) is 5.95 Å². The maximum absolute atomic E-state index is 12.5. The van der Waals surface area contributed by atoms with Crippen molar-refractivity contribution in [3.05, 3.63) is 86.3 Å². The first-order valence-electron chi connectivity index (χ1n) is 8.97. The van der Waals surface area contributed by atoms with Crippen molar-refractivity contribution >= 4 is 23.3 Å². The van der Waals surface area contributed by atoms with Gasteiger partial charge in [0.25, 0.3) is 5.56 Å². The summed E-state index contributed by atoms with van der Waals surface area (Å²) in [5.74, 6) is 0.359. The van der Waals surface area contributed by atoms with E-state index in [1.54, 1.807) is 30.2 Å². The lowest BCUT2D eigenvalue weighted by Gasteiger charge is -2.08. The number of aromatic amines is 1. The van der Waals surface area contributed by atoms with Crippen LogP contribution in [0.2, 0.25) is 0 Å². The van der Waals surface area contributed by atoms with Gasteiger partial charge < -0.3 is 0 Å². The predicted octanol–water partition coefficient (Wildman–Crippen LogP) is 1.62. The average molecular weight is 389 g/mol. The molecular formula is C20H19N7O2. The molecule has 1 aromatic carbocycles. The summed E-state index contributed by atoms with van der Waals surface area (Å²) in [4.78, 5) is 35.2. The number of hydrazone groups is 1. The summed E-state index contributed by atoms with van der Waals surface area (Å²) < 4.78 is 3.02. The molecule has 0 unspecified atom stereocenters. The Hall–Kier alpha value is -4.01. The molecular weight excluding hydrogens is 370 g/mol. The number of aryl methyl sites for hydroxylation is 2. The second kappa shape index (κ2) is 7.55. The highest BCUT2D eigenvalue weighted by Gasteiger charge is 2.17. The molecule has 0 atom stereocenters. The van der Waals surface area contributed by atoms with Gasteiger partial charge in [0.05, 0.1) is 12.8 Å². The van der Waals surface area contributed by atoms with E-state index in [0.717, 1.165) is 16.7 Å². The van der Waals surface area contributed by atoms with Crippen molar-refractivity contribution in [2.24, 2.45) is 12.1 Å². The Kier molecular flexibility index (Phi) is 4.78. The van der Waals surface area contributed by atoms with Crippen molar-refractivity contribution in [3.63, 3.8) is 0 Å². The van der Waals surface area contributed by atoms with Gasteiger partial charge >= 0.3 is 5.69 Å². The third kappa shape index (κ3) is 3.70. The molecule has 29 heavy (non-hydrogen) atoms. The molecule has 9 heteroatoms. The van der Waals surface area contributed by atoms with E-state index in [9.17, 15) is 9.59 Å². The average Bonchev–Trinajstić information content (AvgIpc) is 3.08. The Morgan fingerprint density at radius 1 is 1.14 bits per heavy atom. The van der Waals surface area contributed by atoms with Crippen molar-refractivity contribution in [1.82, 2.24) is 24.1 Å². The second-order valence-corrected chi connectivity index (χ2v) is 6.65. The van der Waals surface area contributed by atoms with Gasteiger partial charge in [0.15, 0.2) is 11.2 Å². The maximum atomic E-state index is 12.5. The van der Waals surface area contributed by atoms with Crippen LogP contribution in [-0.4, -0.2) is 30.3 Å². The first-order valence-corrected chi connectivity index (χ1v) is 8.97. The van der Waals surface area contributed by atoms with E-state index >= 15 is 0 Å². The fraction of sp³-hybridized carbons (Fsp3) is 0.150. The van der Waals surface area contributed by atoms with E-state index in [1.165, 1.54) is 4.57 Å². The largest absolute Gasteiger partial charge is 0.329 e. The summed E-state index contributed by atoms with van der Waals surface area (Å²) in [6.07, 6.45) is 4.97. The molecule has 3 heterocycles. The van der Waals surface area contributed by atoms with Crippen LogP contribution < -0.4 is 16.7 Å². The molecule has 3 aromatic heterocycles. The molecule has 0 spiro atoms. The zero-order chi connectivity index (χ0) is 20.4. The minimum Gasteiger partial charge on any atom is -0.298 e. The predicted molar refractivity (Wildman–Crippen MR) is 111 cm³/mol. The lowest BCUT2D eigenvalue weighted by Crippen LogP contribution is -2.29. The van der Waals surface area contributed by atoms with Crippen LogP contribution in [0.15, 0.2) is 63.5 Å². The summed E-state index contributed by atoms with van der Waals surface area (Å²) in [6.45, 7) is 2.41. The Morgan fingerprint density at radius 3 is 2.59 bits per heavy atom. The van der Waals surface area contributed by atoms with Crippen LogP contribution >= 0.6 is 0 Å². The number of nitrogens with one attached hydrogen (secondary N) is 2. The number of aromatic nitrogens is 5. The van der Waals surface area contributed by atoms with Crippen LogP contribution in [0.1, 0.15) is 16.7 Å². The standard InChI is InChI=1S/C20H19N7O2/c1-13-3-5-15(6-4-13)12-27-16-17(26(2)20(29)24-18(16)28)23-19(27)25-22-11-14-7-9-21-10-8-14/h3-11H,12H2,1-2H3,(H,23,25)(H,24,28,29). The molecule has 9 nitrogen and oxygen atoms in total. The number of hydrogen-bond donors (Lipinski definition) is 2. The highest BCUT2D eigenvalue weighted by Crippen LogP contribution is 2.18. The highest BCUT2D eigenvalue weighted by atomic mass is 16.2. The molecule has 0 amide bonds. The van der Waals surface area contributed by atoms with Gasteiger partial charge in [0.1, 0.15) is 0 Å². The zero-order valence-corrected chi connectivity index (χ0v) is 16.0.